The molecule has 0 saturated carbocycles. The lowest BCUT2D eigenvalue weighted by Gasteiger charge is -2.30. The topological polar surface area (TPSA) is 74.7 Å². The van der Waals surface area contributed by atoms with Crippen LogP contribution in [0.15, 0.2) is 41.3 Å². The van der Waals surface area contributed by atoms with E-state index in [4.69, 9.17) is 0 Å². The third kappa shape index (κ3) is 2.67. The predicted octanol–water partition coefficient (Wildman–Crippen LogP) is 3.14. The van der Waals surface area contributed by atoms with E-state index in [2.05, 4.69) is 0 Å². The van der Waals surface area contributed by atoms with Crippen LogP contribution in [0.25, 0.3) is 0 Å². The van der Waals surface area contributed by atoms with Gasteiger partial charge in [0.25, 0.3) is 10.0 Å². The lowest BCUT2D eigenvalue weighted by atomic mass is 10.0. The standard InChI is InChI=1S/C18H19NO4S/c1-12-10-15(11-16(13(12)2)18(20)21)24(22,23)19-9-5-7-14-6-3-4-8-17(14)19/h3-4,6,8,10-11H,5,7,9H2,1-2H3,(H,20,21). The van der Waals surface area contributed by atoms with Crippen molar-refractivity contribution in [3.8, 4) is 0 Å². The summed E-state index contributed by atoms with van der Waals surface area (Å²) in [5.74, 6) is -1.12. The van der Waals surface area contributed by atoms with E-state index in [1.807, 2.05) is 18.2 Å². The molecule has 0 unspecified atom stereocenters. The number of rotatable bonds is 3. The van der Waals surface area contributed by atoms with Gasteiger partial charge in [0.1, 0.15) is 0 Å². The van der Waals surface area contributed by atoms with Crippen LogP contribution >= 0.6 is 0 Å². The second-order valence-corrected chi connectivity index (χ2v) is 7.89. The number of fused-ring (bicyclic) bond motifs is 1. The maximum Gasteiger partial charge on any atom is 0.336 e. The van der Waals surface area contributed by atoms with Crippen molar-refractivity contribution in [3.63, 3.8) is 0 Å². The summed E-state index contributed by atoms with van der Waals surface area (Å²) < 4.78 is 27.6. The van der Waals surface area contributed by atoms with E-state index in [9.17, 15) is 18.3 Å². The fraction of sp³-hybridized carbons (Fsp3) is 0.278. The van der Waals surface area contributed by atoms with Crippen molar-refractivity contribution in [1.82, 2.24) is 0 Å². The average Bonchev–Trinajstić information content (AvgIpc) is 2.56. The van der Waals surface area contributed by atoms with Crippen LogP contribution in [0.3, 0.4) is 0 Å². The Morgan fingerprint density at radius 1 is 1.17 bits per heavy atom. The highest BCUT2D eigenvalue weighted by molar-refractivity contribution is 7.92. The van der Waals surface area contributed by atoms with E-state index in [0.717, 1.165) is 18.4 Å². The van der Waals surface area contributed by atoms with E-state index in [1.54, 1.807) is 26.0 Å². The first-order valence-corrected chi connectivity index (χ1v) is 9.21. The molecule has 2 aromatic rings. The van der Waals surface area contributed by atoms with Gasteiger partial charge in [-0.05, 0) is 61.6 Å². The maximum atomic E-state index is 13.1. The first kappa shape index (κ1) is 16.5. The molecule has 0 fully saturated rings. The molecule has 2 aromatic carbocycles. The number of aryl methyl sites for hydroxylation is 2. The molecule has 0 spiro atoms. The Morgan fingerprint density at radius 2 is 1.88 bits per heavy atom. The predicted molar refractivity (Wildman–Crippen MR) is 92.2 cm³/mol. The van der Waals surface area contributed by atoms with E-state index in [-0.39, 0.29) is 10.5 Å². The number of hydrogen-bond acceptors (Lipinski definition) is 3. The summed E-state index contributed by atoms with van der Waals surface area (Å²) in [6.07, 6.45) is 1.59. The molecular formula is C18H19NO4S. The second kappa shape index (κ2) is 5.94. The summed E-state index contributed by atoms with van der Waals surface area (Å²) in [4.78, 5) is 11.4. The molecule has 0 bridgehead atoms. The molecule has 0 atom stereocenters. The van der Waals surface area contributed by atoms with Crippen LogP contribution in [0.1, 0.15) is 33.5 Å². The van der Waals surface area contributed by atoms with Crippen molar-refractivity contribution in [2.75, 3.05) is 10.8 Å². The summed E-state index contributed by atoms with van der Waals surface area (Å²) in [7, 11) is -3.80. The van der Waals surface area contributed by atoms with Gasteiger partial charge in [0.05, 0.1) is 16.1 Å². The Labute approximate surface area is 141 Å². The summed E-state index contributed by atoms with van der Waals surface area (Å²) in [5, 5.41) is 9.34. The van der Waals surface area contributed by atoms with Gasteiger partial charge in [-0.1, -0.05) is 18.2 Å². The largest absolute Gasteiger partial charge is 0.478 e. The molecule has 0 amide bonds. The molecule has 1 aliphatic rings. The number of para-hydroxylation sites is 1. The Kier molecular flexibility index (Phi) is 4.09. The number of benzene rings is 2. The molecule has 24 heavy (non-hydrogen) atoms. The molecule has 5 nitrogen and oxygen atoms in total. The van der Waals surface area contributed by atoms with Gasteiger partial charge in [0.15, 0.2) is 0 Å². The Bertz CT molecular complexity index is 919. The van der Waals surface area contributed by atoms with Crippen LogP contribution < -0.4 is 4.31 Å². The van der Waals surface area contributed by atoms with Crippen molar-refractivity contribution < 1.29 is 18.3 Å². The molecule has 1 N–H and O–H groups in total. The smallest absolute Gasteiger partial charge is 0.336 e. The zero-order valence-electron chi connectivity index (χ0n) is 13.6. The zero-order chi connectivity index (χ0) is 17.5. The quantitative estimate of drug-likeness (QED) is 0.927. The van der Waals surface area contributed by atoms with Crippen LogP contribution in [0, 0.1) is 13.8 Å². The zero-order valence-corrected chi connectivity index (χ0v) is 14.4. The van der Waals surface area contributed by atoms with Gasteiger partial charge >= 0.3 is 5.97 Å². The number of hydrogen-bond donors (Lipinski definition) is 1. The third-order valence-electron chi connectivity index (χ3n) is 4.53. The first-order chi connectivity index (χ1) is 11.3. The SMILES string of the molecule is Cc1cc(S(=O)(=O)N2CCCc3ccccc32)cc(C(=O)O)c1C. The highest BCUT2D eigenvalue weighted by atomic mass is 32.2. The van der Waals surface area contributed by atoms with Crippen molar-refractivity contribution in [1.29, 1.82) is 0 Å². The fourth-order valence-electron chi connectivity index (χ4n) is 3.07. The van der Waals surface area contributed by atoms with E-state index < -0.39 is 16.0 Å². The molecule has 0 saturated heterocycles. The number of carboxylic acid groups (broad SMARTS) is 1. The van der Waals surface area contributed by atoms with E-state index in [0.29, 0.717) is 23.4 Å². The first-order valence-electron chi connectivity index (χ1n) is 7.77. The van der Waals surface area contributed by atoms with Gasteiger partial charge in [-0.3, -0.25) is 4.31 Å². The number of aromatic carboxylic acids is 1. The summed E-state index contributed by atoms with van der Waals surface area (Å²) in [5.41, 5.74) is 2.94. The van der Waals surface area contributed by atoms with Gasteiger partial charge in [-0.15, -0.1) is 0 Å². The monoisotopic (exact) mass is 345 g/mol. The van der Waals surface area contributed by atoms with Crippen molar-refractivity contribution in [2.45, 2.75) is 31.6 Å². The average molecular weight is 345 g/mol. The fourth-order valence-corrected chi connectivity index (χ4v) is 4.73. The molecule has 0 aliphatic carbocycles. The molecule has 126 valence electrons. The molecule has 0 radical (unpaired) electrons. The lowest BCUT2D eigenvalue weighted by molar-refractivity contribution is 0.0695. The molecule has 1 heterocycles. The van der Waals surface area contributed by atoms with Crippen LogP contribution in [-0.2, 0) is 16.4 Å². The van der Waals surface area contributed by atoms with Crippen molar-refractivity contribution >= 4 is 21.7 Å². The number of carboxylic acids is 1. The van der Waals surface area contributed by atoms with Gasteiger partial charge in [-0.2, -0.15) is 0 Å². The van der Waals surface area contributed by atoms with E-state index >= 15 is 0 Å². The minimum Gasteiger partial charge on any atom is -0.478 e. The van der Waals surface area contributed by atoms with Crippen LogP contribution in [0.5, 0.6) is 0 Å². The summed E-state index contributed by atoms with van der Waals surface area (Å²) in [6, 6.07) is 10.3. The highest BCUT2D eigenvalue weighted by Gasteiger charge is 2.30. The second-order valence-electron chi connectivity index (χ2n) is 6.03. The van der Waals surface area contributed by atoms with Crippen molar-refractivity contribution in [2.24, 2.45) is 0 Å². The number of sulfonamides is 1. The highest BCUT2D eigenvalue weighted by Crippen LogP contribution is 2.32. The summed E-state index contributed by atoms with van der Waals surface area (Å²) >= 11 is 0. The van der Waals surface area contributed by atoms with Gasteiger partial charge in [0, 0.05) is 6.54 Å². The Morgan fingerprint density at radius 3 is 2.58 bits per heavy atom. The minimum absolute atomic E-state index is 0.0267. The Balaban J connectivity index is 2.15. The van der Waals surface area contributed by atoms with Crippen LogP contribution in [0.2, 0.25) is 0 Å². The summed E-state index contributed by atoms with van der Waals surface area (Å²) in [6.45, 7) is 3.81. The minimum atomic E-state index is -3.80. The maximum absolute atomic E-state index is 13.1. The lowest BCUT2D eigenvalue weighted by Crippen LogP contribution is -2.35. The van der Waals surface area contributed by atoms with Gasteiger partial charge in [-0.25, -0.2) is 13.2 Å². The third-order valence-corrected chi connectivity index (χ3v) is 6.32. The number of anilines is 1. The Hall–Kier alpha value is -2.34. The number of nitrogens with zero attached hydrogens (tertiary/aromatic N) is 1. The van der Waals surface area contributed by atoms with Gasteiger partial charge in [0.2, 0.25) is 0 Å². The van der Waals surface area contributed by atoms with Crippen LogP contribution in [-0.4, -0.2) is 26.0 Å². The molecule has 0 aromatic heterocycles. The molecular weight excluding hydrogens is 326 g/mol. The van der Waals surface area contributed by atoms with Gasteiger partial charge < -0.3 is 5.11 Å². The molecule has 6 heteroatoms. The number of carbonyl (C=O) groups is 1. The van der Waals surface area contributed by atoms with Crippen molar-refractivity contribution in [3.05, 3.63) is 58.7 Å². The normalized spacial score (nSPS) is 14.3. The molecule has 1 aliphatic heterocycles. The van der Waals surface area contributed by atoms with Crippen LogP contribution in [0.4, 0.5) is 5.69 Å². The van der Waals surface area contributed by atoms with E-state index in [1.165, 1.54) is 10.4 Å². The molecule has 3 rings (SSSR count).